The number of carboxylic acids is 1. The van der Waals surface area contributed by atoms with Crippen LogP contribution >= 0.6 is 0 Å². The van der Waals surface area contributed by atoms with Crippen molar-refractivity contribution in [2.24, 2.45) is 0 Å². The number of benzene rings is 1. The minimum Gasteiger partial charge on any atom is -0.480 e. The van der Waals surface area contributed by atoms with Crippen molar-refractivity contribution in [3.05, 3.63) is 35.4 Å². The van der Waals surface area contributed by atoms with Crippen molar-refractivity contribution in [3.63, 3.8) is 0 Å². The minimum absolute atomic E-state index is 0.142. The predicted molar refractivity (Wildman–Crippen MR) is 71.2 cm³/mol. The van der Waals surface area contributed by atoms with Crippen LogP contribution in [0.25, 0.3) is 0 Å². The molecule has 0 bridgehead atoms. The zero-order valence-corrected chi connectivity index (χ0v) is 11.6. The molecule has 104 valence electrons. The lowest BCUT2D eigenvalue weighted by Gasteiger charge is -2.20. The Morgan fingerprint density at radius 3 is 2.58 bits per heavy atom. The van der Waals surface area contributed by atoms with Crippen LogP contribution in [0, 0.1) is 6.92 Å². The number of nitrogens with zero attached hydrogens (tertiary/aromatic N) is 1. The maximum Gasteiger partial charge on any atom is 0.322 e. The summed E-state index contributed by atoms with van der Waals surface area (Å²) in [6, 6.07) is 6.32. The molecule has 1 aliphatic rings. The second kappa shape index (κ2) is 5.30. The standard InChI is InChI=1S/C13H17NO4S/c1-10-4-6-11(7-5-10)9-19(17,18)14-8-2-3-12(14)13(15)16/h4-7,12H,2-3,8-9H2,1H3,(H,15,16). The molecule has 6 heteroatoms. The second-order valence-electron chi connectivity index (χ2n) is 4.85. The van der Waals surface area contributed by atoms with Crippen LogP contribution in [0.5, 0.6) is 0 Å². The molecule has 5 nitrogen and oxygen atoms in total. The first-order valence-electron chi connectivity index (χ1n) is 6.18. The molecule has 1 aromatic rings. The molecule has 0 aliphatic carbocycles. The van der Waals surface area contributed by atoms with Gasteiger partial charge >= 0.3 is 5.97 Å². The Morgan fingerprint density at radius 1 is 1.37 bits per heavy atom. The Hall–Kier alpha value is -1.40. The number of carboxylic acid groups (broad SMARTS) is 1. The molecule has 1 aromatic carbocycles. The number of rotatable bonds is 4. The topological polar surface area (TPSA) is 74.7 Å². The van der Waals surface area contributed by atoms with E-state index in [4.69, 9.17) is 5.11 Å². The molecule has 0 spiro atoms. The van der Waals surface area contributed by atoms with Crippen molar-refractivity contribution in [3.8, 4) is 0 Å². The van der Waals surface area contributed by atoms with E-state index in [0.717, 1.165) is 9.87 Å². The number of hydrogen-bond donors (Lipinski definition) is 1. The lowest BCUT2D eigenvalue weighted by Crippen LogP contribution is -2.40. The second-order valence-corrected chi connectivity index (χ2v) is 6.77. The van der Waals surface area contributed by atoms with Gasteiger partial charge in [-0.1, -0.05) is 29.8 Å². The van der Waals surface area contributed by atoms with Gasteiger partial charge in [0, 0.05) is 6.54 Å². The van der Waals surface area contributed by atoms with Gasteiger partial charge in [-0.15, -0.1) is 0 Å². The molecule has 1 fully saturated rings. The van der Waals surface area contributed by atoms with Crippen LogP contribution in [0.15, 0.2) is 24.3 Å². The smallest absolute Gasteiger partial charge is 0.322 e. The Labute approximate surface area is 112 Å². The first-order valence-corrected chi connectivity index (χ1v) is 7.79. The summed E-state index contributed by atoms with van der Waals surface area (Å²) in [6.07, 6.45) is 0.993. The molecule has 1 aliphatic heterocycles. The number of aryl methyl sites for hydroxylation is 1. The third-order valence-corrected chi connectivity index (χ3v) is 5.17. The molecule has 0 amide bonds. The van der Waals surface area contributed by atoms with Gasteiger partial charge in [0.25, 0.3) is 0 Å². The van der Waals surface area contributed by atoms with Crippen LogP contribution in [0.3, 0.4) is 0 Å². The molecular formula is C13H17NO4S. The average Bonchev–Trinajstić information content (AvgIpc) is 2.82. The third-order valence-electron chi connectivity index (χ3n) is 3.32. The summed E-state index contributed by atoms with van der Waals surface area (Å²) in [4.78, 5) is 11.0. The fourth-order valence-electron chi connectivity index (χ4n) is 2.30. The lowest BCUT2D eigenvalue weighted by molar-refractivity contribution is -0.140. The summed E-state index contributed by atoms with van der Waals surface area (Å²) in [5.41, 5.74) is 1.74. The first kappa shape index (κ1) is 14.0. The van der Waals surface area contributed by atoms with E-state index in [-0.39, 0.29) is 5.75 Å². The molecule has 0 saturated carbocycles. The predicted octanol–water partition coefficient (Wildman–Crippen LogP) is 1.37. The van der Waals surface area contributed by atoms with E-state index < -0.39 is 22.0 Å². The van der Waals surface area contributed by atoms with Crippen LogP contribution < -0.4 is 0 Å². The molecule has 1 N–H and O–H groups in total. The van der Waals surface area contributed by atoms with E-state index >= 15 is 0 Å². The Bertz CT molecular complexity index is 565. The Morgan fingerprint density at radius 2 is 2.00 bits per heavy atom. The van der Waals surface area contributed by atoms with Crippen molar-refractivity contribution >= 4 is 16.0 Å². The molecule has 19 heavy (non-hydrogen) atoms. The fraction of sp³-hybridized carbons (Fsp3) is 0.462. The van der Waals surface area contributed by atoms with Gasteiger partial charge in [0.1, 0.15) is 6.04 Å². The van der Waals surface area contributed by atoms with E-state index in [1.54, 1.807) is 12.1 Å². The highest BCUT2D eigenvalue weighted by Crippen LogP contribution is 2.23. The molecule has 0 radical (unpaired) electrons. The van der Waals surface area contributed by atoms with Crippen LogP contribution in [-0.4, -0.2) is 36.4 Å². The number of hydrogen-bond acceptors (Lipinski definition) is 3. The van der Waals surface area contributed by atoms with Gasteiger partial charge < -0.3 is 5.11 Å². The molecule has 2 rings (SSSR count). The van der Waals surface area contributed by atoms with Gasteiger partial charge in [0.2, 0.25) is 10.0 Å². The van der Waals surface area contributed by atoms with Gasteiger partial charge in [-0.3, -0.25) is 4.79 Å². The molecule has 1 saturated heterocycles. The highest BCUT2D eigenvalue weighted by molar-refractivity contribution is 7.88. The highest BCUT2D eigenvalue weighted by atomic mass is 32.2. The summed E-state index contributed by atoms with van der Waals surface area (Å²) >= 11 is 0. The van der Waals surface area contributed by atoms with Gasteiger partial charge in [-0.05, 0) is 25.3 Å². The van der Waals surface area contributed by atoms with Gasteiger partial charge in [-0.2, -0.15) is 4.31 Å². The van der Waals surface area contributed by atoms with Crippen LogP contribution in [0.4, 0.5) is 0 Å². The zero-order valence-electron chi connectivity index (χ0n) is 10.7. The van der Waals surface area contributed by atoms with Crippen molar-refractivity contribution in [1.82, 2.24) is 4.31 Å². The fourth-order valence-corrected chi connectivity index (χ4v) is 4.07. The van der Waals surface area contributed by atoms with Crippen LogP contribution in [0.1, 0.15) is 24.0 Å². The van der Waals surface area contributed by atoms with Crippen molar-refractivity contribution < 1.29 is 18.3 Å². The summed E-state index contributed by atoms with van der Waals surface area (Å²) in [7, 11) is -3.57. The minimum atomic E-state index is -3.57. The van der Waals surface area contributed by atoms with Crippen molar-refractivity contribution in [2.45, 2.75) is 31.6 Å². The number of carbonyl (C=O) groups is 1. The van der Waals surface area contributed by atoms with E-state index in [1.165, 1.54) is 0 Å². The first-order chi connectivity index (χ1) is 8.90. The summed E-state index contributed by atoms with van der Waals surface area (Å²) in [5.74, 6) is -1.21. The van der Waals surface area contributed by atoms with Crippen LogP contribution in [0.2, 0.25) is 0 Å². The summed E-state index contributed by atoms with van der Waals surface area (Å²) < 4.78 is 25.6. The monoisotopic (exact) mass is 283 g/mol. The quantitative estimate of drug-likeness (QED) is 0.905. The summed E-state index contributed by atoms with van der Waals surface area (Å²) in [6.45, 7) is 2.23. The third kappa shape index (κ3) is 3.13. The SMILES string of the molecule is Cc1ccc(CS(=O)(=O)N2CCCC2C(=O)O)cc1. The van der Waals surface area contributed by atoms with Gasteiger partial charge in [0.05, 0.1) is 5.75 Å². The van der Waals surface area contributed by atoms with E-state index in [9.17, 15) is 13.2 Å². The van der Waals surface area contributed by atoms with E-state index in [2.05, 4.69) is 0 Å². The van der Waals surface area contributed by atoms with E-state index in [0.29, 0.717) is 24.9 Å². The number of sulfonamides is 1. The maximum absolute atomic E-state index is 12.3. The van der Waals surface area contributed by atoms with Gasteiger partial charge in [0.15, 0.2) is 0 Å². The Balaban J connectivity index is 2.18. The zero-order chi connectivity index (χ0) is 14.0. The van der Waals surface area contributed by atoms with E-state index in [1.807, 2.05) is 19.1 Å². The molecule has 1 heterocycles. The maximum atomic E-state index is 12.3. The highest BCUT2D eigenvalue weighted by Gasteiger charge is 2.38. The molecule has 0 aromatic heterocycles. The molecular weight excluding hydrogens is 266 g/mol. The number of aliphatic carboxylic acids is 1. The van der Waals surface area contributed by atoms with Crippen LogP contribution in [-0.2, 0) is 20.6 Å². The van der Waals surface area contributed by atoms with Crippen molar-refractivity contribution in [1.29, 1.82) is 0 Å². The lowest BCUT2D eigenvalue weighted by atomic mass is 10.2. The molecule has 1 unspecified atom stereocenters. The Kier molecular flexibility index (Phi) is 3.91. The van der Waals surface area contributed by atoms with Gasteiger partial charge in [-0.25, -0.2) is 8.42 Å². The largest absolute Gasteiger partial charge is 0.480 e. The molecule has 1 atom stereocenters. The normalized spacial score (nSPS) is 20.6. The van der Waals surface area contributed by atoms with Crippen molar-refractivity contribution in [2.75, 3.05) is 6.54 Å². The summed E-state index contributed by atoms with van der Waals surface area (Å²) in [5, 5.41) is 9.04. The average molecular weight is 283 g/mol.